The maximum absolute atomic E-state index is 11.2. The van der Waals surface area contributed by atoms with Crippen LogP contribution in [0.3, 0.4) is 0 Å². The van der Waals surface area contributed by atoms with Crippen LogP contribution in [-0.2, 0) is 14.3 Å². The van der Waals surface area contributed by atoms with Gasteiger partial charge in [-0.1, -0.05) is 12.1 Å². The van der Waals surface area contributed by atoms with Crippen molar-refractivity contribution >= 4 is 17.6 Å². The molecule has 6 nitrogen and oxygen atoms in total. The summed E-state index contributed by atoms with van der Waals surface area (Å²) in [6, 6.07) is 4.19. The molecule has 92 valence electrons. The van der Waals surface area contributed by atoms with Gasteiger partial charge >= 0.3 is 5.97 Å². The Morgan fingerprint density at radius 1 is 1.41 bits per heavy atom. The monoisotopic (exact) mass is 239 g/mol. The second kappa shape index (κ2) is 5.31. The first-order valence-electron chi connectivity index (χ1n) is 4.82. The van der Waals surface area contributed by atoms with Crippen LogP contribution < -0.4 is 5.32 Å². The number of hydrogen-bond acceptors (Lipinski definition) is 5. The Morgan fingerprint density at radius 3 is 2.59 bits per heavy atom. The van der Waals surface area contributed by atoms with Crippen LogP contribution in [0, 0.1) is 0 Å². The number of nitrogens with one attached hydrogen (secondary N) is 1. The Kier molecular flexibility index (Phi) is 4.06. The van der Waals surface area contributed by atoms with Crippen molar-refractivity contribution in [2.24, 2.45) is 0 Å². The van der Waals surface area contributed by atoms with Gasteiger partial charge in [0.25, 0.3) is 0 Å². The third kappa shape index (κ3) is 2.94. The van der Waals surface area contributed by atoms with Gasteiger partial charge in [-0.3, -0.25) is 4.79 Å². The highest BCUT2D eigenvalue weighted by Crippen LogP contribution is 2.32. The average Bonchev–Trinajstić information content (AvgIpc) is 2.29. The van der Waals surface area contributed by atoms with Crippen molar-refractivity contribution < 1.29 is 24.5 Å². The second-order valence-electron chi connectivity index (χ2n) is 3.35. The predicted octanol–water partition coefficient (Wildman–Crippen LogP) is 0.557. The first-order valence-corrected chi connectivity index (χ1v) is 4.82. The van der Waals surface area contributed by atoms with Crippen molar-refractivity contribution in [1.82, 2.24) is 0 Å². The molecule has 17 heavy (non-hydrogen) atoms. The van der Waals surface area contributed by atoms with Gasteiger partial charge in [-0.25, -0.2) is 4.79 Å². The van der Waals surface area contributed by atoms with Crippen LogP contribution >= 0.6 is 0 Å². The molecule has 0 saturated heterocycles. The summed E-state index contributed by atoms with van der Waals surface area (Å²) in [5, 5.41) is 21.6. The minimum atomic E-state index is -1.56. The molecule has 0 heterocycles. The van der Waals surface area contributed by atoms with E-state index in [1.165, 1.54) is 25.1 Å². The van der Waals surface area contributed by atoms with Gasteiger partial charge in [0.1, 0.15) is 5.75 Å². The van der Waals surface area contributed by atoms with Crippen molar-refractivity contribution in [3.05, 3.63) is 23.8 Å². The number of aliphatic hydroxyl groups is 1. The van der Waals surface area contributed by atoms with Gasteiger partial charge in [0, 0.05) is 12.5 Å². The number of ether oxygens (including phenoxy) is 1. The number of hydrogen-bond donors (Lipinski definition) is 3. The number of aliphatic hydroxyl groups excluding tert-OH is 1. The third-order valence-electron chi connectivity index (χ3n) is 2.09. The molecule has 0 radical (unpaired) electrons. The van der Waals surface area contributed by atoms with Crippen LogP contribution in [0.4, 0.5) is 5.69 Å². The number of phenolic OH excluding ortho intramolecular Hbond substituents is 1. The number of carbonyl (C=O) groups excluding carboxylic acids is 2. The fourth-order valence-electron chi connectivity index (χ4n) is 1.34. The molecule has 0 fully saturated rings. The van der Waals surface area contributed by atoms with E-state index >= 15 is 0 Å². The predicted molar refractivity (Wildman–Crippen MR) is 59.4 cm³/mol. The summed E-state index contributed by atoms with van der Waals surface area (Å²) in [6.45, 7) is 1.25. The van der Waals surface area contributed by atoms with Crippen LogP contribution in [0.1, 0.15) is 18.6 Å². The molecule has 1 aromatic rings. The molecule has 0 bridgehead atoms. The summed E-state index contributed by atoms with van der Waals surface area (Å²) in [6.07, 6.45) is -1.56. The number of para-hydroxylation sites is 1. The van der Waals surface area contributed by atoms with Crippen molar-refractivity contribution in [1.29, 1.82) is 0 Å². The molecule has 0 spiro atoms. The van der Waals surface area contributed by atoms with E-state index < -0.39 is 18.0 Å². The highest BCUT2D eigenvalue weighted by Gasteiger charge is 2.23. The lowest BCUT2D eigenvalue weighted by atomic mass is 10.1. The summed E-state index contributed by atoms with van der Waals surface area (Å²) in [5.74, 6) is -1.53. The zero-order valence-corrected chi connectivity index (χ0v) is 9.43. The molecule has 1 unspecified atom stereocenters. The number of benzene rings is 1. The normalized spacial score (nSPS) is 11.7. The number of amides is 1. The largest absolute Gasteiger partial charge is 0.506 e. The molecule has 1 amide bonds. The van der Waals surface area contributed by atoms with E-state index in [0.717, 1.165) is 7.11 Å². The third-order valence-corrected chi connectivity index (χ3v) is 2.09. The van der Waals surface area contributed by atoms with Crippen LogP contribution in [0.15, 0.2) is 18.2 Å². The molecule has 0 aromatic heterocycles. The molecular formula is C11H13NO5. The molecule has 0 aliphatic rings. The van der Waals surface area contributed by atoms with E-state index in [0.29, 0.717) is 0 Å². The Hall–Kier alpha value is -2.08. The van der Waals surface area contributed by atoms with Crippen molar-refractivity contribution in [3.8, 4) is 5.75 Å². The molecule has 1 rings (SSSR count). The fourth-order valence-corrected chi connectivity index (χ4v) is 1.34. The molecule has 0 aliphatic carbocycles. The van der Waals surface area contributed by atoms with Crippen LogP contribution in [0.5, 0.6) is 5.75 Å². The summed E-state index contributed by atoms with van der Waals surface area (Å²) in [7, 11) is 1.13. The highest BCUT2D eigenvalue weighted by molar-refractivity contribution is 5.93. The zero-order valence-electron chi connectivity index (χ0n) is 9.43. The van der Waals surface area contributed by atoms with Crippen molar-refractivity contribution in [2.75, 3.05) is 12.4 Å². The van der Waals surface area contributed by atoms with Gasteiger partial charge in [0.15, 0.2) is 6.10 Å². The Morgan fingerprint density at radius 2 is 2.06 bits per heavy atom. The van der Waals surface area contributed by atoms with E-state index in [2.05, 4.69) is 10.1 Å². The lowest BCUT2D eigenvalue weighted by molar-refractivity contribution is -0.150. The quantitative estimate of drug-likeness (QED) is 0.529. The first kappa shape index (κ1) is 13.0. The van der Waals surface area contributed by atoms with Crippen LogP contribution in [0.2, 0.25) is 0 Å². The topological polar surface area (TPSA) is 95.9 Å². The van der Waals surface area contributed by atoms with E-state index in [9.17, 15) is 19.8 Å². The van der Waals surface area contributed by atoms with E-state index in [-0.39, 0.29) is 17.0 Å². The lowest BCUT2D eigenvalue weighted by Gasteiger charge is -2.15. The molecule has 3 N–H and O–H groups in total. The van der Waals surface area contributed by atoms with Crippen molar-refractivity contribution in [2.45, 2.75) is 13.0 Å². The molecular weight excluding hydrogens is 226 g/mol. The minimum absolute atomic E-state index is 0.00194. The average molecular weight is 239 g/mol. The van der Waals surface area contributed by atoms with E-state index in [1.807, 2.05) is 0 Å². The van der Waals surface area contributed by atoms with Gasteiger partial charge in [0.2, 0.25) is 5.91 Å². The van der Waals surface area contributed by atoms with Gasteiger partial charge in [-0.15, -0.1) is 0 Å². The maximum Gasteiger partial charge on any atom is 0.339 e. The maximum atomic E-state index is 11.2. The Balaban J connectivity index is 3.18. The number of phenols is 1. The zero-order chi connectivity index (χ0) is 13.0. The summed E-state index contributed by atoms with van der Waals surface area (Å²) in [5.41, 5.74) is 0.0740. The Bertz CT molecular complexity index is 443. The summed E-state index contributed by atoms with van der Waals surface area (Å²) >= 11 is 0. The summed E-state index contributed by atoms with van der Waals surface area (Å²) in [4.78, 5) is 22.2. The molecule has 1 atom stereocenters. The van der Waals surface area contributed by atoms with E-state index in [4.69, 9.17) is 0 Å². The van der Waals surface area contributed by atoms with Crippen LogP contribution in [-0.4, -0.2) is 29.2 Å². The number of aromatic hydroxyl groups is 1. The second-order valence-corrected chi connectivity index (χ2v) is 3.35. The highest BCUT2D eigenvalue weighted by atomic mass is 16.5. The fraction of sp³-hybridized carbons (Fsp3) is 0.273. The summed E-state index contributed by atoms with van der Waals surface area (Å²) < 4.78 is 4.38. The Labute approximate surface area is 97.8 Å². The van der Waals surface area contributed by atoms with Crippen molar-refractivity contribution in [3.63, 3.8) is 0 Å². The number of carbonyl (C=O) groups is 2. The smallest absolute Gasteiger partial charge is 0.339 e. The standard InChI is InChI=1S/C11H13NO5/c1-6(13)12-9-7(4-3-5-8(9)14)10(15)11(16)17-2/h3-5,10,14-15H,1-2H3,(H,12,13). The first-order chi connectivity index (χ1) is 7.97. The lowest BCUT2D eigenvalue weighted by Crippen LogP contribution is -2.17. The molecule has 0 aliphatic heterocycles. The number of esters is 1. The molecule has 6 heteroatoms. The molecule has 1 aromatic carbocycles. The van der Waals surface area contributed by atoms with Crippen LogP contribution in [0.25, 0.3) is 0 Å². The van der Waals surface area contributed by atoms with Gasteiger partial charge in [-0.05, 0) is 6.07 Å². The number of methoxy groups -OCH3 is 1. The van der Waals surface area contributed by atoms with Gasteiger partial charge in [-0.2, -0.15) is 0 Å². The number of anilines is 1. The van der Waals surface area contributed by atoms with Gasteiger partial charge < -0.3 is 20.3 Å². The minimum Gasteiger partial charge on any atom is -0.506 e. The van der Waals surface area contributed by atoms with Gasteiger partial charge in [0.05, 0.1) is 12.8 Å². The van der Waals surface area contributed by atoms with E-state index in [1.54, 1.807) is 0 Å². The number of rotatable bonds is 3. The molecule has 0 saturated carbocycles. The SMILES string of the molecule is COC(=O)C(O)c1cccc(O)c1NC(C)=O.